The van der Waals surface area contributed by atoms with Crippen LogP contribution in [0.4, 0.5) is 5.69 Å². The fourth-order valence-electron chi connectivity index (χ4n) is 4.00. The first-order valence-corrected chi connectivity index (χ1v) is 11.7. The van der Waals surface area contributed by atoms with Crippen LogP contribution in [0.3, 0.4) is 0 Å². The number of carbonyl (C=O) groups is 2. The molecule has 0 radical (unpaired) electrons. The Kier molecular flexibility index (Phi) is 7.15. The van der Waals surface area contributed by atoms with Crippen molar-refractivity contribution in [1.29, 1.82) is 0 Å². The van der Waals surface area contributed by atoms with Crippen molar-refractivity contribution in [1.82, 2.24) is 10.1 Å². The van der Waals surface area contributed by atoms with E-state index in [1.54, 1.807) is 29.2 Å². The highest BCUT2D eigenvalue weighted by Gasteiger charge is 2.18. The van der Waals surface area contributed by atoms with Crippen molar-refractivity contribution in [3.63, 3.8) is 0 Å². The molecule has 3 aromatic carbocycles. The van der Waals surface area contributed by atoms with Crippen molar-refractivity contribution >= 4 is 28.3 Å². The van der Waals surface area contributed by atoms with E-state index in [4.69, 9.17) is 9.26 Å². The number of nitrogens with zero attached hydrogens (tertiary/aromatic N) is 2. The van der Waals surface area contributed by atoms with Gasteiger partial charge < -0.3 is 19.5 Å². The van der Waals surface area contributed by atoms with Crippen molar-refractivity contribution in [2.45, 2.75) is 34.3 Å². The van der Waals surface area contributed by atoms with Crippen LogP contribution in [0.2, 0.25) is 0 Å². The molecular formula is C28H29N3O4. The molecule has 1 N–H and O–H groups in total. The van der Waals surface area contributed by atoms with Gasteiger partial charge in [0.05, 0.1) is 16.8 Å². The van der Waals surface area contributed by atoms with Crippen LogP contribution in [0.5, 0.6) is 5.75 Å². The van der Waals surface area contributed by atoms with Gasteiger partial charge in [0.1, 0.15) is 18.1 Å². The molecule has 2 amide bonds. The summed E-state index contributed by atoms with van der Waals surface area (Å²) in [6, 6.07) is 18.5. The summed E-state index contributed by atoms with van der Waals surface area (Å²) >= 11 is 0. The van der Waals surface area contributed by atoms with Gasteiger partial charge in [-0.1, -0.05) is 35.5 Å². The van der Waals surface area contributed by atoms with Crippen LogP contribution in [-0.4, -0.2) is 35.0 Å². The summed E-state index contributed by atoms with van der Waals surface area (Å²) < 4.78 is 11.3. The minimum Gasteiger partial charge on any atom is -0.488 e. The van der Waals surface area contributed by atoms with E-state index in [1.807, 2.05) is 64.1 Å². The largest absolute Gasteiger partial charge is 0.488 e. The van der Waals surface area contributed by atoms with E-state index in [1.165, 1.54) is 0 Å². The number of rotatable bonds is 8. The summed E-state index contributed by atoms with van der Waals surface area (Å²) in [5.74, 6) is 0.748. The molecule has 7 heteroatoms. The topological polar surface area (TPSA) is 84.7 Å². The SMILES string of the molecule is CCN(CC)C(=O)c1cccc(NC(=O)c2cc3ccccc3cc2OCc2c(C)noc2C)c1. The minimum atomic E-state index is -0.322. The van der Waals surface area contributed by atoms with Crippen LogP contribution in [-0.2, 0) is 6.61 Å². The normalized spacial score (nSPS) is 10.9. The van der Waals surface area contributed by atoms with E-state index in [0.717, 1.165) is 22.0 Å². The third-order valence-electron chi connectivity index (χ3n) is 6.06. The fourth-order valence-corrected chi connectivity index (χ4v) is 4.00. The Morgan fingerprint density at radius 1 is 0.971 bits per heavy atom. The Bertz CT molecular complexity index is 1350. The van der Waals surface area contributed by atoms with Gasteiger partial charge in [-0.3, -0.25) is 9.59 Å². The number of anilines is 1. The molecule has 0 aliphatic carbocycles. The van der Waals surface area contributed by atoms with E-state index in [2.05, 4.69) is 10.5 Å². The maximum atomic E-state index is 13.4. The highest BCUT2D eigenvalue weighted by Crippen LogP contribution is 2.29. The zero-order valence-corrected chi connectivity index (χ0v) is 20.4. The minimum absolute atomic E-state index is 0.0692. The highest BCUT2D eigenvalue weighted by molar-refractivity contribution is 6.09. The molecule has 4 aromatic rings. The molecule has 0 saturated heterocycles. The van der Waals surface area contributed by atoms with Gasteiger partial charge in [-0.15, -0.1) is 0 Å². The van der Waals surface area contributed by atoms with Crippen LogP contribution >= 0.6 is 0 Å². The lowest BCUT2D eigenvalue weighted by molar-refractivity contribution is 0.0772. The summed E-state index contributed by atoms with van der Waals surface area (Å²) in [7, 11) is 0. The zero-order chi connectivity index (χ0) is 24.9. The summed E-state index contributed by atoms with van der Waals surface area (Å²) in [6.45, 7) is 9.04. The van der Waals surface area contributed by atoms with E-state index in [-0.39, 0.29) is 18.4 Å². The summed E-state index contributed by atoms with van der Waals surface area (Å²) in [6.07, 6.45) is 0. The molecule has 0 fully saturated rings. The van der Waals surface area contributed by atoms with Gasteiger partial charge in [0.25, 0.3) is 11.8 Å². The highest BCUT2D eigenvalue weighted by atomic mass is 16.5. The number of benzene rings is 3. The maximum Gasteiger partial charge on any atom is 0.259 e. The Labute approximate surface area is 204 Å². The average molecular weight is 472 g/mol. The molecule has 1 heterocycles. The first-order valence-electron chi connectivity index (χ1n) is 11.7. The van der Waals surface area contributed by atoms with Gasteiger partial charge in [-0.2, -0.15) is 0 Å². The second-order valence-electron chi connectivity index (χ2n) is 8.30. The number of fused-ring (bicyclic) bond motifs is 1. The third kappa shape index (κ3) is 5.19. The van der Waals surface area contributed by atoms with Crippen LogP contribution in [0.25, 0.3) is 10.8 Å². The van der Waals surface area contributed by atoms with Crippen molar-refractivity contribution < 1.29 is 18.8 Å². The van der Waals surface area contributed by atoms with Gasteiger partial charge in [0.15, 0.2) is 0 Å². The molecule has 0 unspecified atom stereocenters. The number of aromatic nitrogens is 1. The van der Waals surface area contributed by atoms with Crippen LogP contribution < -0.4 is 10.1 Å². The van der Waals surface area contributed by atoms with E-state index in [0.29, 0.717) is 41.4 Å². The molecule has 180 valence electrons. The van der Waals surface area contributed by atoms with Crippen molar-refractivity contribution in [3.8, 4) is 5.75 Å². The van der Waals surface area contributed by atoms with E-state index < -0.39 is 0 Å². The Balaban J connectivity index is 1.63. The molecule has 0 atom stereocenters. The van der Waals surface area contributed by atoms with Gasteiger partial charge in [0, 0.05) is 24.3 Å². The number of hydrogen-bond donors (Lipinski definition) is 1. The van der Waals surface area contributed by atoms with Crippen molar-refractivity contribution in [2.75, 3.05) is 18.4 Å². The molecule has 0 aliphatic heterocycles. The quantitative estimate of drug-likeness (QED) is 0.353. The second-order valence-corrected chi connectivity index (χ2v) is 8.30. The van der Waals surface area contributed by atoms with Crippen molar-refractivity contribution in [3.05, 3.63) is 88.8 Å². The lowest BCUT2D eigenvalue weighted by Gasteiger charge is -2.19. The number of amides is 2. The van der Waals surface area contributed by atoms with E-state index >= 15 is 0 Å². The Hall–Kier alpha value is -4.13. The zero-order valence-electron chi connectivity index (χ0n) is 20.4. The fraction of sp³-hybridized carbons (Fsp3) is 0.250. The number of nitrogens with one attached hydrogen (secondary N) is 1. The number of carbonyl (C=O) groups excluding carboxylic acids is 2. The average Bonchev–Trinajstić information content (AvgIpc) is 3.19. The summed E-state index contributed by atoms with van der Waals surface area (Å²) in [4.78, 5) is 27.9. The second kappa shape index (κ2) is 10.4. The molecule has 7 nitrogen and oxygen atoms in total. The summed E-state index contributed by atoms with van der Waals surface area (Å²) in [5, 5.41) is 8.79. The predicted molar refractivity (Wildman–Crippen MR) is 136 cm³/mol. The first kappa shape index (κ1) is 24.0. The van der Waals surface area contributed by atoms with E-state index in [9.17, 15) is 9.59 Å². The molecule has 1 aromatic heterocycles. The summed E-state index contributed by atoms with van der Waals surface area (Å²) in [5.41, 5.74) is 3.07. The third-order valence-corrected chi connectivity index (χ3v) is 6.06. The van der Waals surface area contributed by atoms with Gasteiger partial charge >= 0.3 is 0 Å². The van der Waals surface area contributed by atoms with Gasteiger partial charge in [-0.25, -0.2) is 0 Å². The predicted octanol–water partition coefficient (Wildman–Crippen LogP) is 5.76. The maximum absolute atomic E-state index is 13.4. The van der Waals surface area contributed by atoms with Gasteiger partial charge in [0.2, 0.25) is 0 Å². The van der Waals surface area contributed by atoms with Crippen LogP contribution in [0.1, 0.15) is 51.6 Å². The van der Waals surface area contributed by atoms with Crippen LogP contribution in [0.15, 0.2) is 65.2 Å². The molecule has 0 spiro atoms. The molecule has 0 saturated carbocycles. The van der Waals surface area contributed by atoms with Crippen LogP contribution in [0, 0.1) is 13.8 Å². The Morgan fingerprint density at radius 3 is 2.34 bits per heavy atom. The van der Waals surface area contributed by atoms with Crippen molar-refractivity contribution in [2.24, 2.45) is 0 Å². The Morgan fingerprint density at radius 2 is 1.69 bits per heavy atom. The number of hydrogen-bond acceptors (Lipinski definition) is 5. The number of aryl methyl sites for hydroxylation is 2. The molecule has 0 aliphatic rings. The monoisotopic (exact) mass is 471 g/mol. The van der Waals surface area contributed by atoms with Gasteiger partial charge in [-0.05, 0) is 68.8 Å². The molecule has 35 heavy (non-hydrogen) atoms. The smallest absolute Gasteiger partial charge is 0.259 e. The number of ether oxygens (including phenoxy) is 1. The standard InChI is InChI=1S/C28H29N3O4/c1-5-31(6-2)28(33)22-12-9-13-23(14-22)29-27(32)24-15-20-10-7-8-11-21(20)16-26(24)34-17-25-18(3)30-35-19(25)4/h7-16H,5-6,17H2,1-4H3,(H,29,32). The molecule has 0 bridgehead atoms. The first-order chi connectivity index (χ1) is 16.9. The lowest BCUT2D eigenvalue weighted by Crippen LogP contribution is -2.30. The molecular weight excluding hydrogens is 442 g/mol. The molecule has 4 rings (SSSR count). The lowest BCUT2D eigenvalue weighted by atomic mass is 10.0.